The maximum absolute atomic E-state index is 6.34. The average Bonchev–Trinajstić information content (AvgIpc) is 3.11. The van der Waals surface area contributed by atoms with E-state index in [1.807, 2.05) is 6.20 Å². The molecule has 0 spiro atoms. The summed E-state index contributed by atoms with van der Waals surface area (Å²) in [7, 11) is 2.12. The molecule has 1 fully saturated rings. The number of unbranched alkanes of at least 4 members (excludes halogenated alkanes) is 1. The fourth-order valence-corrected chi connectivity index (χ4v) is 3.11. The number of imidazole rings is 2. The Labute approximate surface area is 141 Å². The summed E-state index contributed by atoms with van der Waals surface area (Å²) in [6, 6.07) is 0. The van der Waals surface area contributed by atoms with Crippen molar-refractivity contribution in [2.24, 2.45) is 0 Å². The molecule has 1 aliphatic rings. The predicted molar refractivity (Wildman–Crippen MR) is 90.7 cm³/mol. The van der Waals surface area contributed by atoms with E-state index in [2.05, 4.69) is 38.4 Å². The standard InChI is InChI=1S/C16H24ClN5O/c1-3-4-5-13-19-14(15(17)20-13)16-18-6-7-22(16)11-12-10-21(2)8-9-23-12/h6-7,12H,3-5,8-11H2,1-2H3,(H,19,20). The molecule has 126 valence electrons. The lowest BCUT2D eigenvalue weighted by molar-refractivity contribution is -0.0272. The van der Waals surface area contributed by atoms with E-state index in [1.165, 1.54) is 0 Å². The number of hydrogen-bond acceptors (Lipinski definition) is 4. The number of halogens is 1. The van der Waals surface area contributed by atoms with Crippen LogP contribution in [0.2, 0.25) is 5.15 Å². The Morgan fingerprint density at radius 3 is 3.13 bits per heavy atom. The molecule has 0 amide bonds. The van der Waals surface area contributed by atoms with Gasteiger partial charge in [-0.1, -0.05) is 24.9 Å². The Morgan fingerprint density at radius 2 is 2.35 bits per heavy atom. The van der Waals surface area contributed by atoms with E-state index >= 15 is 0 Å². The number of aromatic nitrogens is 4. The predicted octanol–water partition coefficient (Wildman–Crippen LogP) is 2.60. The van der Waals surface area contributed by atoms with Crippen molar-refractivity contribution >= 4 is 11.6 Å². The molecule has 0 bridgehead atoms. The van der Waals surface area contributed by atoms with Crippen LogP contribution in [0.1, 0.15) is 25.6 Å². The zero-order chi connectivity index (χ0) is 16.2. The van der Waals surface area contributed by atoms with Gasteiger partial charge in [-0.05, 0) is 13.5 Å². The van der Waals surface area contributed by atoms with Crippen molar-refractivity contribution in [3.05, 3.63) is 23.4 Å². The highest BCUT2D eigenvalue weighted by molar-refractivity contribution is 6.31. The molecule has 2 aromatic rings. The summed E-state index contributed by atoms with van der Waals surface area (Å²) in [4.78, 5) is 14.5. The van der Waals surface area contributed by atoms with E-state index in [0.29, 0.717) is 5.15 Å². The van der Waals surface area contributed by atoms with Gasteiger partial charge < -0.3 is 19.2 Å². The first-order valence-corrected chi connectivity index (χ1v) is 8.61. The van der Waals surface area contributed by atoms with Crippen LogP contribution in [-0.4, -0.2) is 57.3 Å². The van der Waals surface area contributed by atoms with Gasteiger partial charge in [0.2, 0.25) is 0 Å². The van der Waals surface area contributed by atoms with Crippen molar-refractivity contribution in [3.8, 4) is 11.5 Å². The van der Waals surface area contributed by atoms with Gasteiger partial charge in [-0.25, -0.2) is 9.97 Å². The third-order valence-corrected chi connectivity index (χ3v) is 4.42. The molecule has 1 N–H and O–H groups in total. The summed E-state index contributed by atoms with van der Waals surface area (Å²) in [6.07, 6.45) is 7.06. The molecule has 0 saturated carbocycles. The second-order valence-electron chi connectivity index (χ2n) is 6.11. The zero-order valence-corrected chi connectivity index (χ0v) is 14.5. The zero-order valence-electron chi connectivity index (χ0n) is 13.8. The second-order valence-corrected chi connectivity index (χ2v) is 6.49. The normalized spacial score (nSPS) is 19.3. The van der Waals surface area contributed by atoms with Gasteiger partial charge in [0, 0.05) is 31.9 Å². The number of likely N-dealkylation sites (N-methyl/N-ethyl adjacent to an activating group) is 1. The summed E-state index contributed by atoms with van der Waals surface area (Å²) in [5.74, 6) is 1.72. The van der Waals surface area contributed by atoms with Crippen molar-refractivity contribution in [2.45, 2.75) is 38.8 Å². The second kappa shape index (κ2) is 7.47. The minimum atomic E-state index is 0.166. The molecule has 1 unspecified atom stereocenters. The first-order chi connectivity index (χ1) is 11.2. The van der Waals surface area contributed by atoms with Crippen LogP contribution in [-0.2, 0) is 17.7 Å². The molecule has 0 radical (unpaired) electrons. The van der Waals surface area contributed by atoms with E-state index in [9.17, 15) is 0 Å². The number of nitrogens with one attached hydrogen (secondary N) is 1. The van der Waals surface area contributed by atoms with Gasteiger partial charge in [-0.3, -0.25) is 0 Å². The van der Waals surface area contributed by atoms with Gasteiger partial charge in [-0.2, -0.15) is 0 Å². The Bertz CT molecular complexity index is 638. The van der Waals surface area contributed by atoms with Crippen molar-refractivity contribution in [3.63, 3.8) is 0 Å². The van der Waals surface area contributed by atoms with Crippen molar-refractivity contribution in [2.75, 3.05) is 26.7 Å². The number of morpholine rings is 1. The summed E-state index contributed by atoms with van der Waals surface area (Å²) >= 11 is 6.34. The molecule has 3 rings (SSSR count). The van der Waals surface area contributed by atoms with E-state index in [1.54, 1.807) is 6.20 Å². The molecule has 1 saturated heterocycles. The molecule has 7 heteroatoms. The summed E-state index contributed by atoms with van der Waals surface area (Å²) < 4.78 is 7.93. The highest BCUT2D eigenvalue weighted by Crippen LogP contribution is 2.25. The van der Waals surface area contributed by atoms with Crippen LogP contribution in [0.15, 0.2) is 12.4 Å². The smallest absolute Gasteiger partial charge is 0.161 e. The minimum absolute atomic E-state index is 0.166. The quantitative estimate of drug-likeness (QED) is 0.880. The van der Waals surface area contributed by atoms with Crippen molar-refractivity contribution in [1.82, 2.24) is 24.4 Å². The minimum Gasteiger partial charge on any atom is -0.374 e. The van der Waals surface area contributed by atoms with Crippen LogP contribution in [0, 0.1) is 0 Å². The van der Waals surface area contributed by atoms with Gasteiger partial charge in [0.25, 0.3) is 0 Å². The summed E-state index contributed by atoms with van der Waals surface area (Å²) in [6.45, 7) is 5.61. The largest absolute Gasteiger partial charge is 0.374 e. The third kappa shape index (κ3) is 3.94. The number of aryl methyl sites for hydroxylation is 1. The number of nitrogens with zero attached hydrogens (tertiary/aromatic N) is 4. The van der Waals surface area contributed by atoms with Crippen LogP contribution in [0.3, 0.4) is 0 Å². The van der Waals surface area contributed by atoms with Crippen LogP contribution in [0.25, 0.3) is 11.5 Å². The molecule has 3 heterocycles. The molecular weight excluding hydrogens is 314 g/mol. The van der Waals surface area contributed by atoms with Gasteiger partial charge in [0.05, 0.1) is 19.3 Å². The van der Waals surface area contributed by atoms with Gasteiger partial charge in [0.15, 0.2) is 5.82 Å². The molecule has 23 heavy (non-hydrogen) atoms. The number of rotatable bonds is 6. The number of aromatic amines is 1. The van der Waals surface area contributed by atoms with Gasteiger partial charge in [-0.15, -0.1) is 0 Å². The molecular formula is C16H24ClN5O. The van der Waals surface area contributed by atoms with Gasteiger partial charge >= 0.3 is 0 Å². The lowest BCUT2D eigenvalue weighted by Gasteiger charge is -2.30. The Morgan fingerprint density at radius 1 is 1.48 bits per heavy atom. The molecule has 1 aliphatic heterocycles. The van der Waals surface area contributed by atoms with E-state index < -0.39 is 0 Å². The third-order valence-electron chi connectivity index (χ3n) is 4.15. The molecule has 2 aromatic heterocycles. The van der Waals surface area contributed by atoms with Crippen molar-refractivity contribution < 1.29 is 4.74 Å². The van der Waals surface area contributed by atoms with E-state index in [4.69, 9.17) is 16.3 Å². The Balaban J connectivity index is 1.76. The van der Waals surface area contributed by atoms with Crippen molar-refractivity contribution in [1.29, 1.82) is 0 Å². The highest BCUT2D eigenvalue weighted by atomic mass is 35.5. The Hall–Kier alpha value is -1.37. The highest BCUT2D eigenvalue weighted by Gasteiger charge is 2.21. The topological polar surface area (TPSA) is 59.0 Å². The van der Waals surface area contributed by atoms with E-state index in [-0.39, 0.29) is 6.10 Å². The maximum Gasteiger partial charge on any atom is 0.161 e. The molecule has 6 nitrogen and oxygen atoms in total. The molecule has 0 aromatic carbocycles. The number of H-pyrrole nitrogens is 1. The monoisotopic (exact) mass is 337 g/mol. The van der Waals surface area contributed by atoms with Crippen LogP contribution >= 0.6 is 11.6 Å². The maximum atomic E-state index is 6.34. The SMILES string of the molecule is CCCCc1nc(-c2nccn2CC2CN(C)CCO2)c(Cl)[nH]1. The average molecular weight is 338 g/mol. The lowest BCUT2D eigenvalue weighted by atomic mass is 10.2. The first-order valence-electron chi connectivity index (χ1n) is 8.23. The molecule has 0 aliphatic carbocycles. The van der Waals surface area contributed by atoms with Crippen LogP contribution in [0.4, 0.5) is 0 Å². The number of hydrogen-bond donors (Lipinski definition) is 1. The van der Waals surface area contributed by atoms with Crippen LogP contribution in [0.5, 0.6) is 0 Å². The van der Waals surface area contributed by atoms with Gasteiger partial charge in [0.1, 0.15) is 16.7 Å². The van der Waals surface area contributed by atoms with E-state index in [0.717, 1.165) is 62.8 Å². The summed E-state index contributed by atoms with van der Waals surface area (Å²) in [5.41, 5.74) is 0.729. The Kier molecular flexibility index (Phi) is 5.35. The fraction of sp³-hybridized carbons (Fsp3) is 0.625. The summed E-state index contributed by atoms with van der Waals surface area (Å²) in [5, 5.41) is 0.560. The first kappa shape index (κ1) is 16.5. The lowest BCUT2D eigenvalue weighted by Crippen LogP contribution is -2.41. The fourth-order valence-electron chi connectivity index (χ4n) is 2.88. The number of ether oxygens (including phenoxy) is 1. The van der Waals surface area contributed by atoms with Crippen LogP contribution < -0.4 is 0 Å². The molecule has 1 atom stereocenters.